The number of anilines is 3. The second-order valence-electron chi connectivity index (χ2n) is 10.3. The molecule has 40 heavy (non-hydrogen) atoms. The molecule has 0 spiro atoms. The molecule has 0 bridgehead atoms. The number of piperazine rings is 1. The Bertz CT molecular complexity index is 1350. The highest BCUT2D eigenvalue weighted by atomic mass is 16.2. The van der Waals surface area contributed by atoms with Crippen molar-refractivity contribution in [1.29, 1.82) is 0 Å². The monoisotopic (exact) mass is 540 g/mol. The van der Waals surface area contributed by atoms with Crippen molar-refractivity contribution < 1.29 is 14.4 Å². The van der Waals surface area contributed by atoms with Crippen molar-refractivity contribution in [2.45, 2.75) is 26.2 Å². The molecular weight excluding hydrogens is 504 g/mol. The van der Waals surface area contributed by atoms with E-state index in [1.165, 1.54) is 11.3 Å². The number of aromatic nitrogens is 1. The molecule has 0 atom stereocenters. The van der Waals surface area contributed by atoms with Crippen LogP contribution in [-0.2, 0) is 4.79 Å². The summed E-state index contributed by atoms with van der Waals surface area (Å²) in [5.41, 5.74) is 4.72. The summed E-state index contributed by atoms with van der Waals surface area (Å²) in [4.78, 5) is 48.5. The molecule has 3 aromatic rings. The minimum Gasteiger partial charge on any atom is -0.368 e. The highest BCUT2D eigenvalue weighted by Crippen LogP contribution is 2.30. The molecular formula is C31H36N6O3. The highest BCUT2D eigenvalue weighted by molar-refractivity contribution is 6.06. The van der Waals surface area contributed by atoms with Crippen LogP contribution in [0.15, 0.2) is 66.9 Å². The number of hydrogen-bond donors (Lipinski definition) is 2. The quantitative estimate of drug-likeness (QED) is 0.402. The summed E-state index contributed by atoms with van der Waals surface area (Å²) in [5.74, 6) is -0.347. The van der Waals surface area contributed by atoms with E-state index in [-0.39, 0.29) is 17.7 Å². The largest absolute Gasteiger partial charge is 0.368 e. The van der Waals surface area contributed by atoms with Crippen LogP contribution in [0.5, 0.6) is 0 Å². The number of pyridine rings is 1. The topological polar surface area (TPSA) is 97.9 Å². The number of para-hydroxylation sites is 1. The molecule has 5 rings (SSSR count). The number of carbonyl (C=O) groups excluding carboxylic acids is 3. The summed E-state index contributed by atoms with van der Waals surface area (Å²) in [6, 6.07) is 19.1. The van der Waals surface area contributed by atoms with Gasteiger partial charge in [-0.3, -0.25) is 19.4 Å². The number of hydrogen-bond acceptors (Lipinski definition) is 6. The Morgan fingerprint density at radius 2 is 1.62 bits per heavy atom. The lowest BCUT2D eigenvalue weighted by molar-refractivity contribution is -0.127. The van der Waals surface area contributed by atoms with Gasteiger partial charge in [-0.25, -0.2) is 0 Å². The fourth-order valence-corrected chi connectivity index (χ4v) is 5.36. The number of benzene rings is 2. The van der Waals surface area contributed by atoms with Crippen LogP contribution in [0.2, 0.25) is 0 Å². The first-order chi connectivity index (χ1) is 19.5. The number of nitrogens with zero attached hydrogens (tertiary/aromatic N) is 4. The van der Waals surface area contributed by atoms with Crippen molar-refractivity contribution in [3.8, 4) is 0 Å². The van der Waals surface area contributed by atoms with Gasteiger partial charge in [0.05, 0.1) is 11.4 Å². The Balaban J connectivity index is 1.28. The molecule has 2 saturated heterocycles. The molecule has 2 aliphatic rings. The summed E-state index contributed by atoms with van der Waals surface area (Å²) in [6.07, 6.45) is 3.81. The highest BCUT2D eigenvalue weighted by Gasteiger charge is 2.23. The Morgan fingerprint density at radius 1 is 0.875 bits per heavy atom. The van der Waals surface area contributed by atoms with Crippen LogP contribution in [0.3, 0.4) is 0 Å². The predicted octanol–water partition coefficient (Wildman–Crippen LogP) is 3.71. The van der Waals surface area contributed by atoms with E-state index in [2.05, 4.69) is 56.6 Å². The molecule has 2 aliphatic heterocycles. The maximum Gasteiger partial charge on any atom is 0.274 e. The average molecular weight is 541 g/mol. The zero-order chi connectivity index (χ0) is 27.9. The maximum atomic E-state index is 13.0. The van der Waals surface area contributed by atoms with Gasteiger partial charge in [0.15, 0.2) is 0 Å². The Labute approximate surface area is 235 Å². The van der Waals surface area contributed by atoms with E-state index in [0.29, 0.717) is 42.9 Å². The molecule has 2 N–H and O–H groups in total. The first-order valence-corrected chi connectivity index (χ1v) is 14.0. The van der Waals surface area contributed by atoms with Gasteiger partial charge in [-0.15, -0.1) is 0 Å². The van der Waals surface area contributed by atoms with Gasteiger partial charge in [-0.1, -0.05) is 24.3 Å². The van der Waals surface area contributed by atoms with Crippen LogP contribution >= 0.6 is 0 Å². The van der Waals surface area contributed by atoms with Crippen molar-refractivity contribution in [2.75, 3.05) is 60.9 Å². The van der Waals surface area contributed by atoms with Crippen LogP contribution in [-0.4, -0.2) is 73.4 Å². The van der Waals surface area contributed by atoms with Gasteiger partial charge >= 0.3 is 0 Å². The van der Waals surface area contributed by atoms with E-state index in [1.807, 2.05) is 11.0 Å². The standard InChI is InChI=1S/C31H36N6O3/c1-23-8-2-3-10-27(23)35-18-20-36(21-19-35)28-13-12-24(22-26(28)34-31(40)25-9-4-5-14-32-25)30(39)33-15-7-17-37-16-6-11-29(37)38/h2-5,8-10,12-14,22H,6-7,11,15-21H2,1H3,(H,33,39)(H,34,40). The van der Waals surface area contributed by atoms with Gasteiger partial charge in [-0.2, -0.15) is 0 Å². The van der Waals surface area contributed by atoms with E-state index in [1.54, 1.807) is 36.5 Å². The predicted molar refractivity (Wildman–Crippen MR) is 157 cm³/mol. The third-order valence-corrected chi connectivity index (χ3v) is 7.54. The van der Waals surface area contributed by atoms with Gasteiger partial charge in [0.1, 0.15) is 5.69 Å². The number of carbonyl (C=O) groups is 3. The number of amides is 3. The Kier molecular flexibility index (Phi) is 8.59. The summed E-state index contributed by atoms with van der Waals surface area (Å²) in [6.45, 7) is 7.30. The third kappa shape index (κ3) is 6.42. The van der Waals surface area contributed by atoms with Crippen LogP contribution in [0.4, 0.5) is 17.1 Å². The minimum atomic E-state index is -0.326. The minimum absolute atomic E-state index is 0.190. The molecule has 208 valence electrons. The van der Waals surface area contributed by atoms with E-state index < -0.39 is 0 Å². The molecule has 3 amide bonds. The van der Waals surface area contributed by atoms with Gasteiger partial charge in [0, 0.05) is 69.7 Å². The smallest absolute Gasteiger partial charge is 0.274 e. The fourth-order valence-electron chi connectivity index (χ4n) is 5.36. The van der Waals surface area contributed by atoms with E-state index in [9.17, 15) is 14.4 Å². The fraction of sp³-hybridized carbons (Fsp3) is 0.355. The van der Waals surface area contributed by atoms with Crippen molar-refractivity contribution in [1.82, 2.24) is 15.2 Å². The summed E-state index contributed by atoms with van der Waals surface area (Å²) in [5, 5.41) is 5.96. The Hall–Kier alpha value is -4.40. The van der Waals surface area contributed by atoms with Crippen molar-refractivity contribution >= 4 is 34.8 Å². The summed E-state index contributed by atoms with van der Waals surface area (Å²) < 4.78 is 0. The number of aryl methyl sites for hydroxylation is 1. The molecule has 0 radical (unpaired) electrons. The maximum absolute atomic E-state index is 13.0. The molecule has 9 nitrogen and oxygen atoms in total. The van der Waals surface area contributed by atoms with Gasteiger partial charge in [-0.05, 0) is 61.7 Å². The zero-order valence-electron chi connectivity index (χ0n) is 22.9. The van der Waals surface area contributed by atoms with E-state index in [0.717, 1.165) is 44.8 Å². The first kappa shape index (κ1) is 27.2. The van der Waals surface area contributed by atoms with Gasteiger partial charge in [0.25, 0.3) is 11.8 Å². The molecule has 1 aromatic heterocycles. The van der Waals surface area contributed by atoms with Crippen molar-refractivity contribution in [3.63, 3.8) is 0 Å². The normalized spacial score (nSPS) is 15.3. The van der Waals surface area contributed by atoms with E-state index in [4.69, 9.17) is 0 Å². The van der Waals surface area contributed by atoms with Gasteiger partial charge in [0.2, 0.25) is 5.91 Å². The lowest BCUT2D eigenvalue weighted by Crippen LogP contribution is -2.47. The molecule has 2 fully saturated rings. The van der Waals surface area contributed by atoms with Crippen LogP contribution in [0.25, 0.3) is 0 Å². The van der Waals surface area contributed by atoms with Crippen LogP contribution < -0.4 is 20.4 Å². The zero-order valence-corrected chi connectivity index (χ0v) is 22.9. The second-order valence-corrected chi connectivity index (χ2v) is 10.3. The van der Waals surface area contributed by atoms with Crippen molar-refractivity contribution in [2.24, 2.45) is 0 Å². The number of likely N-dealkylation sites (tertiary alicyclic amines) is 1. The van der Waals surface area contributed by atoms with E-state index >= 15 is 0 Å². The van der Waals surface area contributed by atoms with Gasteiger partial charge < -0.3 is 25.3 Å². The van der Waals surface area contributed by atoms with Crippen LogP contribution in [0.1, 0.15) is 45.7 Å². The lowest BCUT2D eigenvalue weighted by atomic mass is 10.1. The third-order valence-electron chi connectivity index (χ3n) is 7.54. The second kappa shape index (κ2) is 12.6. The summed E-state index contributed by atoms with van der Waals surface area (Å²) >= 11 is 0. The molecule has 0 unspecified atom stereocenters. The van der Waals surface area contributed by atoms with Crippen molar-refractivity contribution in [3.05, 3.63) is 83.7 Å². The Morgan fingerprint density at radius 3 is 2.33 bits per heavy atom. The molecule has 9 heteroatoms. The molecule has 2 aromatic carbocycles. The number of nitrogens with one attached hydrogen (secondary N) is 2. The average Bonchev–Trinajstić information content (AvgIpc) is 3.40. The first-order valence-electron chi connectivity index (χ1n) is 14.0. The molecule has 3 heterocycles. The van der Waals surface area contributed by atoms with Crippen LogP contribution in [0, 0.1) is 6.92 Å². The molecule has 0 saturated carbocycles. The number of rotatable bonds is 9. The summed E-state index contributed by atoms with van der Waals surface area (Å²) in [7, 11) is 0. The molecule has 0 aliphatic carbocycles. The lowest BCUT2D eigenvalue weighted by Gasteiger charge is -2.38. The SMILES string of the molecule is Cc1ccccc1N1CCN(c2ccc(C(=O)NCCCN3CCCC3=O)cc2NC(=O)c2ccccn2)CC1.